The Hall–Kier alpha value is -2.24. The molecule has 1 aliphatic rings. The highest BCUT2D eigenvalue weighted by atomic mass is 32.2. The number of aliphatic hydroxyl groups is 1. The predicted octanol–water partition coefficient (Wildman–Crippen LogP) is 4.74. The third kappa shape index (κ3) is 6.50. The maximum absolute atomic E-state index is 14.7. The average molecular weight is 520 g/mol. The third-order valence-electron chi connectivity index (χ3n) is 5.79. The summed E-state index contributed by atoms with van der Waals surface area (Å²) >= 11 is 3.12. The van der Waals surface area contributed by atoms with Crippen LogP contribution in [0.3, 0.4) is 0 Å². The maximum Gasteiger partial charge on any atom is 0.177 e. The van der Waals surface area contributed by atoms with Gasteiger partial charge in [0.2, 0.25) is 0 Å². The molecule has 0 unspecified atom stereocenters. The molecule has 0 amide bonds. The monoisotopic (exact) mass is 519 g/mol. The topological polar surface area (TPSA) is 69.4 Å². The molecule has 0 bridgehead atoms. The molecule has 0 radical (unpaired) electrons. The molecule has 1 N–H and O–H groups in total. The van der Waals surface area contributed by atoms with Gasteiger partial charge in [-0.05, 0) is 36.1 Å². The molecule has 186 valence electrons. The van der Waals surface area contributed by atoms with E-state index in [9.17, 15) is 13.9 Å². The Labute approximate surface area is 211 Å². The molecule has 1 aromatic heterocycles. The van der Waals surface area contributed by atoms with Crippen molar-refractivity contribution in [1.82, 2.24) is 14.8 Å². The zero-order chi connectivity index (χ0) is 24.8. The van der Waals surface area contributed by atoms with Crippen LogP contribution in [0.2, 0.25) is 0 Å². The van der Waals surface area contributed by atoms with Gasteiger partial charge in [0, 0.05) is 21.8 Å². The number of aromatic nitrogens is 3. The van der Waals surface area contributed by atoms with Crippen molar-refractivity contribution in [2.75, 3.05) is 19.5 Å². The van der Waals surface area contributed by atoms with Crippen LogP contribution >= 0.6 is 23.5 Å². The number of thioether (sulfide) groups is 2. The van der Waals surface area contributed by atoms with E-state index in [2.05, 4.69) is 22.2 Å². The van der Waals surface area contributed by atoms with Crippen molar-refractivity contribution in [3.05, 3.63) is 84.0 Å². The Kier molecular flexibility index (Phi) is 8.61. The molecule has 1 aliphatic heterocycles. The summed E-state index contributed by atoms with van der Waals surface area (Å²) in [6.07, 6.45) is 8.18. The first kappa shape index (κ1) is 25.8. The van der Waals surface area contributed by atoms with E-state index in [-0.39, 0.29) is 17.4 Å². The molecule has 2 atom stereocenters. The van der Waals surface area contributed by atoms with Crippen molar-refractivity contribution in [1.29, 1.82) is 0 Å². The molecule has 3 aromatic rings. The Morgan fingerprint density at radius 2 is 1.94 bits per heavy atom. The lowest BCUT2D eigenvalue weighted by molar-refractivity contribution is -0.146. The molecule has 10 heteroatoms. The highest BCUT2D eigenvalue weighted by Crippen LogP contribution is 2.38. The minimum atomic E-state index is -1.67. The lowest BCUT2D eigenvalue weighted by Gasteiger charge is -2.37. The largest absolute Gasteiger partial charge is 0.382 e. The molecule has 6 nitrogen and oxygen atoms in total. The van der Waals surface area contributed by atoms with E-state index in [1.807, 2.05) is 30.5 Å². The molecule has 2 heterocycles. The van der Waals surface area contributed by atoms with Crippen LogP contribution in [0.5, 0.6) is 0 Å². The summed E-state index contributed by atoms with van der Waals surface area (Å²) in [4.78, 5) is 5.10. The second-order valence-electron chi connectivity index (χ2n) is 8.21. The van der Waals surface area contributed by atoms with Crippen LogP contribution in [-0.4, -0.2) is 56.1 Å². The SMILES string of the molecule is CSc1ccc(/C=C/C2OCC(S[C@H](C)[C@](O)(Cn3cncn3)c3ccc(F)cc3F)CO2)cc1. The van der Waals surface area contributed by atoms with Crippen LogP contribution in [0, 0.1) is 11.6 Å². The van der Waals surface area contributed by atoms with E-state index < -0.39 is 28.8 Å². The number of rotatable bonds is 9. The lowest BCUT2D eigenvalue weighted by Crippen LogP contribution is -2.43. The summed E-state index contributed by atoms with van der Waals surface area (Å²) < 4.78 is 41.4. The Balaban J connectivity index is 1.40. The van der Waals surface area contributed by atoms with Gasteiger partial charge in [-0.1, -0.05) is 31.2 Å². The van der Waals surface area contributed by atoms with Crippen LogP contribution in [-0.2, 0) is 21.6 Å². The molecule has 2 aromatic carbocycles. The Morgan fingerprint density at radius 1 is 1.20 bits per heavy atom. The first-order valence-corrected chi connectivity index (χ1v) is 13.3. The van der Waals surface area contributed by atoms with Gasteiger partial charge in [-0.25, -0.2) is 18.4 Å². The van der Waals surface area contributed by atoms with Gasteiger partial charge in [0.1, 0.15) is 29.9 Å². The van der Waals surface area contributed by atoms with E-state index in [1.54, 1.807) is 18.7 Å². The van der Waals surface area contributed by atoms with Crippen LogP contribution in [0.15, 0.2) is 66.1 Å². The molecule has 0 aliphatic carbocycles. The number of hydrogen-bond acceptors (Lipinski definition) is 7. The molecule has 35 heavy (non-hydrogen) atoms. The second kappa shape index (κ2) is 11.7. The second-order valence-corrected chi connectivity index (χ2v) is 10.7. The smallest absolute Gasteiger partial charge is 0.177 e. The molecule has 1 fully saturated rings. The van der Waals surface area contributed by atoms with Crippen molar-refractivity contribution in [2.24, 2.45) is 0 Å². The summed E-state index contributed by atoms with van der Waals surface area (Å²) in [5.41, 5.74) is -0.615. The highest BCUT2D eigenvalue weighted by molar-refractivity contribution is 8.00. The van der Waals surface area contributed by atoms with E-state index in [1.165, 1.54) is 40.1 Å². The van der Waals surface area contributed by atoms with Gasteiger partial charge in [0.15, 0.2) is 6.29 Å². The van der Waals surface area contributed by atoms with Crippen molar-refractivity contribution >= 4 is 29.6 Å². The number of halogens is 2. The summed E-state index contributed by atoms with van der Waals surface area (Å²) in [7, 11) is 0. The summed E-state index contributed by atoms with van der Waals surface area (Å²) in [5, 5.41) is 15.1. The van der Waals surface area contributed by atoms with Crippen molar-refractivity contribution < 1.29 is 23.4 Å². The minimum absolute atomic E-state index is 0.000322. The van der Waals surface area contributed by atoms with Gasteiger partial charge in [-0.2, -0.15) is 5.10 Å². The fraction of sp³-hybridized carbons (Fsp3) is 0.360. The van der Waals surface area contributed by atoms with Gasteiger partial charge in [0.05, 0.1) is 25.0 Å². The fourth-order valence-corrected chi connectivity index (χ4v) is 5.56. The van der Waals surface area contributed by atoms with Gasteiger partial charge >= 0.3 is 0 Å². The predicted molar refractivity (Wildman–Crippen MR) is 134 cm³/mol. The Bertz CT molecular complexity index is 1120. The Morgan fingerprint density at radius 3 is 2.57 bits per heavy atom. The molecule has 0 spiro atoms. The average Bonchev–Trinajstić information content (AvgIpc) is 3.36. The van der Waals surface area contributed by atoms with E-state index in [0.29, 0.717) is 13.2 Å². The highest BCUT2D eigenvalue weighted by Gasteiger charge is 2.41. The van der Waals surface area contributed by atoms with Gasteiger partial charge < -0.3 is 14.6 Å². The van der Waals surface area contributed by atoms with E-state index >= 15 is 0 Å². The number of nitrogens with zero attached hydrogens (tertiary/aromatic N) is 3. The number of benzene rings is 2. The molecular weight excluding hydrogens is 492 g/mol. The van der Waals surface area contributed by atoms with Gasteiger partial charge in [-0.15, -0.1) is 23.5 Å². The number of ether oxygens (including phenoxy) is 2. The summed E-state index contributed by atoms with van der Waals surface area (Å²) in [6.45, 7) is 2.56. The molecular formula is C25H27F2N3O3S2. The quantitative estimate of drug-likeness (QED) is 0.410. The maximum atomic E-state index is 14.7. The molecule has 1 saturated heterocycles. The van der Waals surface area contributed by atoms with Crippen LogP contribution in [0.25, 0.3) is 6.08 Å². The van der Waals surface area contributed by atoms with E-state index in [0.717, 1.165) is 17.7 Å². The first-order chi connectivity index (χ1) is 16.9. The van der Waals surface area contributed by atoms with Crippen LogP contribution in [0.1, 0.15) is 18.1 Å². The molecule has 0 saturated carbocycles. The normalized spacial score (nSPS) is 21.2. The zero-order valence-corrected chi connectivity index (χ0v) is 21.0. The summed E-state index contributed by atoms with van der Waals surface area (Å²) in [6, 6.07) is 11.4. The van der Waals surface area contributed by atoms with Crippen molar-refractivity contribution in [3.63, 3.8) is 0 Å². The van der Waals surface area contributed by atoms with Gasteiger partial charge in [0.25, 0.3) is 0 Å². The standard InChI is InChI=1S/C25H27F2N3O3S2/c1-17(25(31,14-30-16-28-15-29-30)22-9-6-19(26)11-23(22)27)35-21-12-32-24(33-13-21)10-5-18-3-7-20(34-2)8-4-18/h3-11,15-17,21,24,31H,12-14H2,1-2H3/b10-5+/t17-,21?,24?,25-/m1/s1. The lowest BCUT2D eigenvalue weighted by atomic mass is 9.90. The van der Waals surface area contributed by atoms with Gasteiger partial charge in [-0.3, -0.25) is 0 Å². The van der Waals surface area contributed by atoms with E-state index in [4.69, 9.17) is 9.47 Å². The van der Waals surface area contributed by atoms with Crippen LogP contribution < -0.4 is 0 Å². The first-order valence-electron chi connectivity index (χ1n) is 11.1. The van der Waals surface area contributed by atoms with Crippen molar-refractivity contribution in [3.8, 4) is 0 Å². The zero-order valence-electron chi connectivity index (χ0n) is 19.4. The van der Waals surface area contributed by atoms with Crippen LogP contribution in [0.4, 0.5) is 8.78 Å². The molecule has 4 rings (SSSR count). The third-order valence-corrected chi connectivity index (χ3v) is 7.99. The van der Waals surface area contributed by atoms with Crippen molar-refractivity contribution in [2.45, 2.75) is 40.8 Å². The minimum Gasteiger partial charge on any atom is -0.382 e. The summed E-state index contributed by atoms with van der Waals surface area (Å²) in [5.74, 6) is -1.52. The number of hydrogen-bond donors (Lipinski definition) is 1. The fourth-order valence-electron chi connectivity index (χ4n) is 3.83.